The Morgan fingerprint density at radius 2 is 1.60 bits per heavy atom. The first kappa shape index (κ1) is 19.5. The van der Waals surface area contributed by atoms with Gasteiger partial charge in [-0.25, -0.2) is 0 Å². The standard InChI is InChI=1S/C14H29NO4S/c1-12(2)8-6-7-9-13(11-20(17,18)19)14(16)10-15(3,4)5/h12-13H,6-11H2,1-5H3/p+1. The van der Waals surface area contributed by atoms with Crippen molar-refractivity contribution in [1.82, 2.24) is 0 Å². The van der Waals surface area contributed by atoms with Crippen molar-refractivity contribution in [1.29, 1.82) is 0 Å². The molecule has 0 aromatic rings. The highest BCUT2D eigenvalue weighted by Gasteiger charge is 2.27. The summed E-state index contributed by atoms with van der Waals surface area (Å²) >= 11 is 0. The lowest BCUT2D eigenvalue weighted by Crippen LogP contribution is -2.42. The van der Waals surface area contributed by atoms with E-state index in [4.69, 9.17) is 4.55 Å². The normalized spacial score (nSPS) is 14.6. The Kier molecular flexibility index (Phi) is 7.91. The molecular formula is C14H30NO4S+. The molecule has 0 saturated heterocycles. The number of carbonyl (C=O) groups is 1. The largest absolute Gasteiger partial charge is 0.325 e. The van der Waals surface area contributed by atoms with Crippen LogP contribution >= 0.6 is 0 Å². The number of Topliss-reactive ketones (excluding diaryl/α,β-unsaturated/α-hetero) is 1. The van der Waals surface area contributed by atoms with Crippen molar-refractivity contribution in [3.05, 3.63) is 0 Å². The molecule has 0 aromatic heterocycles. The van der Waals surface area contributed by atoms with Gasteiger partial charge in [-0.2, -0.15) is 8.42 Å². The van der Waals surface area contributed by atoms with E-state index in [0.717, 1.165) is 19.3 Å². The molecule has 1 atom stereocenters. The quantitative estimate of drug-likeness (QED) is 0.380. The smallest absolute Gasteiger partial charge is 0.265 e. The van der Waals surface area contributed by atoms with Gasteiger partial charge in [-0.05, 0) is 12.3 Å². The molecule has 0 spiro atoms. The van der Waals surface area contributed by atoms with Gasteiger partial charge in [0.25, 0.3) is 10.1 Å². The molecule has 1 unspecified atom stereocenters. The van der Waals surface area contributed by atoms with Crippen molar-refractivity contribution in [2.45, 2.75) is 39.5 Å². The van der Waals surface area contributed by atoms with Crippen LogP contribution in [0.5, 0.6) is 0 Å². The average Bonchev–Trinajstić information content (AvgIpc) is 2.17. The minimum atomic E-state index is -4.11. The Morgan fingerprint density at radius 1 is 1.10 bits per heavy atom. The molecule has 0 fully saturated rings. The van der Waals surface area contributed by atoms with Gasteiger partial charge in [-0.1, -0.05) is 33.1 Å². The monoisotopic (exact) mass is 308 g/mol. The van der Waals surface area contributed by atoms with Gasteiger partial charge in [0.1, 0.15) is 6.54 Å². The first-order valence-corrected chi connectivity index (χ1v) is 8.80. The highest BCUT2D eigenvalue weighted by atomic mass is 32.2. The topological polar surface area (TPSA) is 71.4 Å². The number of unbranched alkanes of at least 4 members (excludes halogenated alkanes) is 1. The summed E-state index contributed by atoms with van der Waals surface area (Å²) in [4.78, 5) is 12.2. The minimum Gasteiger partial charge on any atom is -0.325 e. The maximum absolute atomic E-state index is 12.2. The Morgan fingerprint density at radius 3 is 2.00 bits per heavy atom. The van der Waals surface area contributed by atoms with Crippen LogP contribution in [0.2, 0.25) is 0 Å². The van der Waals surface area contributed by atoms with Gasteiger partial charge in [-0.3, -0.25) is 9.35 Å². The lowest BCUT2D eigenvalue weighted by Gasteiger charge is -2.25. The number of carbonyl (C=O) groups excluding carboxylic acids is 1. The van der Waals surface area contributed by atoms with Gasteiger partial charge in [0.05, 0.1) is 26.9 Å². The molecule has 1 N–H and O–H groups in total. The molecule has 0 saturated carbocycles. The zero-order valence-corrected chi connectivity index (χ0v) is 14.2. The number of hydrogen-bond acceptors (Lipinski definition) is 3. The predicted octanol–water partition coefficient (Wildman–Crippen LogP) is 1.98. The van der Waals surface area contributed by atoms with E-state index in [1.54, 1.807) is 0 Å². The van der Waals surface area contributed by atoms with Gasteiger partial charge < -0.3 is 4.48 Å². The third-order valence-electron chi connectivity index (χ3n) is 3.08. The van der Waals surface area contributed by atoms with Gasteiger partial charge in [-0.15, -0.1) is 0 Å². The van der Waals surface area contributed by atoms with Crippen molar-refractivity contribution in [3.8, 4) is 0 Å². The Balaban J connectivity index is 4.53. The predicted molar refractivity (Wildman–Crippen MR) is 81.1 cm³/mol. The van der Waals surface area contributed by atoms with Crippen molar-refractivity contribution < 1.29 is 22.2 Å². The third-order valence-corrected chi connectivity index (χ3v) is 3.90. The van der Waals surface area contributed by atoms with Gasteiger partial charge in [0.15, 0.2) is 5.78 Å². The summed E-state index contributed by atoms with van der Waals surface area (Å²) in [5, 5.41) is 0. The zero-order valence-electron chi connectivity index (χ0n) is 13.4. The van der Waals surface area contributed by atoms with E-state index >= 15 is 0 Å². The molecule has 0 aliphatic rings. The van der Waals surface area contributed by atoms with E-state index in [-0.39, 0.29) is 12.3 Å². The van der Waals surface area contributed by atoms with Crippen LogP contribution in [0.25, 0.3) is 0 Å². The van der Waals surface area contributed by atoms with Crippen LogP contribution in [0, 0.1) is 11.8 Å². The lowest BCUT2D eigenvalue weighted by molar-refractivity contribution is -0.862. The Bertz CT molecular complexity index is 396. The molecule has 5 nitrogen and oxygen atoms in total. The second-order valence-electron chi connectivity index (χ2n) is 7.04. The number of nitrogens with zero attached hydrogens (tertiary/aromatic N) is 1. The highest BCUT2D eigenvalue weighted by Crippen LogP contribution is 2.16. The molecule has 0 heterocycles. The van der Waals surface area contributed by atoms with Crippen molar-refractivity contribution in [3.63, 3.8) is 0 Å². The molecule has 0 radical (unpaired) electrons. The van der Waals surface area contributed by atoms with Crippen molar-refractivity contribution in [2.24, 2.45) is 11.8 Å². The van der Waals surface area contributed by atoms with Crippen LogP contribution in [0.3, 0.4) is 0 Å². The Labute approximate surface area is 123 Å². The first-order chi connectivity index (χ1) is 8.91. The van der Waals surface area contributed by atoms with E-state index in [0.29, 0.717) is 16.8 Å². The van der Waals surface area contributed by atoms with E-state index in [2.05, 4.69) is 13.8 Å². The van der Waals surface area contributed by atoms with Gasteiger partial charge in [0.2, 0.25) is 0 Å². The van der Waals surface area contributed by atoms with Crippen LogP contribution in [0.4, 0.5) is 0 Å². The van der Waals surface area contributed by atoms with Crippen LogP contribution in [0.1, 0.15) is 39.5 Å². The number of quaternary nitrogens is 1. The van der Waals surface area contributed by atoms with Gasteiger partial charge in [0, 0.05) is 5.92 Å². The highest BCUT2D eigenvalue weighted by molar-refractivity contribution is 7.85. The Hall–Kier alpha value is -0.460. The average molecular weight is 308 g/mol. The molecule has 20 heavy (non-hydrogen) atoms. The summed E-state index contributed by atoms with van der Waals surface area (Å²) in [5.74, 6) is -0.515. The maximum atomic E-state index is 12.2. The second kappa shape index (κ2) is 8.10. The van der Waals surface area contributed by atoms with Crippen LogP contribution in [-0.4, -0.2) is 56.7 Å². The molecule has 120 valence electrons. The summed E-state index contributed by atoms with van der Waals surface area (Å²) in [6.07, 6.45) is 3.41. The van der Waals surface area contributed by atoms with Crippen LogP contribution in [0.15, 0.2) is 0 Å². The van der Waals surface area contributed by atoms with Crippen LogP contribution < -0.4 is 0 Å². The first-order valence-electron chi connectivity index (χ1n) is 7.19. The van der Waals surface area contributed by atoms with Gasteiger partial charge >= 0.3 is 0 Å². The fraction of sp³-hybridized carbons (Fsp3) is 0.929. The lowest BCUT2D eigenvalue weighted by atomic mass is 9.96. The third kappa shape index (κ3) is 11.4. The molecule has 0 aromatic carbocycles. The van der Waals surface area contributed by atoms with E-state index < -0.39 is 21.8 Å². The van der Waals surface area contributed by atoms with E-state index in [1.165, 1.54) is 0 Å². The number of ketones is 1. The van der Waals surface area contributed by atoms with Crippen molar-refractivity contribution >= 4 is 15.9 Å². The number of hydrogen-bond donors (Lipinski definition) is 1. The SMILES string of the molecule is CC(C)CCCCC(CS(=O)(=O)O)C(=O)C[N+](C)(C)C. The molecular weight excluding hydrogens is 278 g/mol. The second-order valence-corrected chi connectivity index (χ2v) is 8.54. The fourth-order valence-corrected chi connectivity index (χ4v) is 2.99. The fourth-order valence-electron chi connectivity index (χ4n) is 2.13. The summed E-state index contributed by atoms with van der Waals surface area (Å²) < 4.78 is 31.6. The molecule has 6 heteroatoms. The van der Waals surface area contributed by atoms with E-state index in [1.807, 2.05) is 21.1 Å². The maximum Gasteiger partial charge on any atom is 0.265 e. The van der Waals surface area contributed by atoms with Crippen LogP contribution in [-0.2, 0) is 14.9 Å². The minimum absolute atomic E-state index is 0.0836. The summed E-state index contributed by atoms with van der Waals surface area (Å²) in [6, 6.07) is 0. The molecule has 0 aliphatic heterocycles. The summed E-state index contributed by atoms with van der Waals surface area (Å²) in [6.45, 7) is 4.56. The number of likely N-dealkylation sites (N-methyl/N-ethyl adjacent to an activating group) is 1. The zero-order chi connectivity index (χ0) is 16.0. The molecule has 0 aliphatic carbocycles. The number of rotatable bonds is 10. The molecule has 0 amide bonds. The molecule has 0 rings (SSSR count). The van der Waals surface area contributed by atoms with Crippen molar-refractivity contribution in [2.75, 3.05) is 33.4 Å². The van der Waals surface area contributed by atoms with E-state index in [9.17, 15) is 13.2 Å². The molecule has 0 bridgehead atoms. The summed E-state index contributed by atoms with van der Waals surface area (Å²) in [7, 11) is 1.56. The summed E-state index contributed by atoms with van der Waals surface area (Å²) in [5.41, 5.74) is 0.